The van der Waals surface area contributed by atoms with E-state index in [1.165, 1.54) is 0 Å². The van der Waals surface area contributed by atoms with E-state index < -0.39 is 15.1 Å². The summed E-state index contributed by atoms with van der Waals surface area (Å²) in [5.41, 5.74) is 1.26. The molecule has 4 rings (SSSR count). The van der Waals surface area contributed by atoms with Crippen LogP contribution in [-0.4, -0.2) is 68.1 Å². The van der Waals surface area contributed by atoms with Crippen molar-refractivity contribution >= 4 is 15.7 Å². The number of ether oxygens (including phenoxy) is 2. The standard InChI is InChI=1S/C19H24N4O4S/c1-14-20-12-15(13-21-14)18-10-17(28(24,25)16-2-6-26-7-3-16)11-19(22-18)23-4-8-27-9-5-23/h10-13,16H,2-9H2,1H3. The number of aryl methyl sites for hydroxylation is 1. The van der Waals surface area contributed by atoms with Crippen LogP contribution in [0.1, 0.15) is 18.7 Å². The molecule has 0 unspecified atom stereocenters. The van der Waals surface area contributed by atoms with Crippen molar-refractivity contribution < 1.29 is 17.9 Å². The summed E-state index contributed by atoms with van der Waals surface area (Å²) in [4.78, 5) is 15.5. The van der Waals surface area contributed by atoms with E-state index in [2.05, 4.69) is 14.9 Å². The molecule has 0 aromatic carbocycles. The predicted octanol–water partition coefficient (Wildman–Crippen LogP) is 1.64. The summed E-state index contributed by atoms with van der Waals surface area (Å²) in [6.07, 6.45) is 4.39. The van der Waals surface area contributed by atoms with Crippen LogP contribution in [-0.2, 0) is 19.3 Å². The van der Waals surface area contributed by atoms with Gasteiger partial charge < -0.3 is 14.4 Å². The average Bonchev–Trinajstić information content (AvgIpc) is 2.75. The van der Waals surface area contributed by atoms with Crippen molar-refractivity contribution in [2.45, 2.75) is 29.9 Å². The molecule has 150 valence electrons. The zero-order chi connectivity index (χ0) is 19.6. The Kier molecular flexibility index (Phi) is 5.56. The molecule has 0 atom stereocenters. The number of nitrogens with zero attached hydrogens (tertiary/aromatic N) is 4. The first-order valence-electron chi connectivity index (χ1n) is 9.49. The van der Waals surface area contributed by atoms with Gasteiger partial charge in [-0.25, -0.2) is 23.4 Å². The lowest BCUT2D eigenvalue weighted by Gasteiger charge is -2.29. The van der Waals surface area contributed by atoms with Crippen molar-refractivity contribution in [3.8, 4) is 11.3 Å². The number of aromatic nitrogens is 3. The zero-order valence-corrected chi connectivity index (χ0v) is 16.7. The second-order valence-electron chi connectivity index (χ2n) is 7.02. The highest BCUT2D eigenvalue weighted by Crippen LogP contribution is 2.30. The van der Waals surface area contributed by atoms with Crippen LogP contribution in [0, 0.1) is 6.92 Å². The molecule has 0 N–H and O–H groups in total. The second kappa shape index (κ2) is 8.10. The van der Waals surface area contributed by atoms with Crippen LogP contribution >= 0.6 is 0 Å². The molecular formula is C19H24N4O4S. The molecule has 2 saturated heterocycles. The number of hydrogen-bond acceptors (Lipinski definition) is 8. The van der Waals surface area contributed by atoms with Crippen molar-refractivity contribution in [2.75, 3.05) is 44.4 Å². The minimum atomic E-state index is -3.48. The Bertz CT molecular complexity index is 921. The van der Waals surface area contributed by atoms with Gasteiger partial charge in [-0.15, -0.1) is 0 Å². The largest absolute Gasteiger partial charge is 0.381 e. The van der Waals surface area contributed by atoms with E-state index in [1.54, 1.807) is 24.5 Å². The number of pyridine rings is 1. The molecule has 0 saturated carbocycles. The van der Waals surface area contributed by atoms with Crippen LogP contribution in [0.5, 0.6) is 0 Å². The maximum Gasteiger partial charge on any atom is 0.181 e. The Labute approximate surface area is 164 Å². The van der Waals surface area contributed by atoms with E-state index in [1.807, 2.05) is 6.92 Å². The molecule has 4 heterocycles. The predicted molar refractivity (Wildman–Crippen MR) is 104 cm³/mol. The first-order valence-corrected chi connectivity index (χ1v) is 11.0. The Morgan fingerprint density at radius 2 is 1.64 bits per heavy atom. The maximum absolute atomic E-state index is 13.3. The van der Waals surface area contributed by atoms with Crippen LogP contribution in [0.4, 0.5) is 5.82 Å². The summed E-state index contributed by atoms with van der Waals surface area (Å²) in [7, 11) is -3.48. The Balaban J connectivity index is 1.78. The summed E-state index contributed by atoms with van der Waals surface area (Å²) in [5, 5.41) is -0.427. The second-order valence-corrected chi connectivity index (χ2v) is 9.25. The number of morpholine rings is 1. The van der Waals surface area contributed by atoms with Crippen LogP contribution in [0.3, 0.4) is 0 Å². The zero-order valence-electron chi connectivity index (χ0n) is 15.9. The molecule has 2 fully saturated rings. The van der Waals surface area contributed by atoms with Crippen LogP contribution < -0.4 is 4.90 Å². The van der Waals surface area contributed by atoms with E-state index in [4.69, 9.17) is 14.5 Å². The SMILES string of the molecule is Cc1ncc(-c2cc(S(=O)(=O)C3CCOCC3)cc(N3CCOCC3)n2)cn1. The summed E-state index contributed by atoms with van der Waals surface area (Å²) >= 11 is 0. The summed E-state index contributed by atoms with van der Waals surface area (Å²) in [6.45, 7) is 5.31. The quantitative estimate of drug-likeness (QED) is 0.759. The fraction of sp³-hybridized carbons (Fsp3) is 0.526. The molecule has 2 aliphatic rings. The normalized spacial score (nSPS) is 19.0. The Morgan fingerprint density at radius 3 is 2.32 bits per heavy atom. The molecule has 0 radical (unpaired) electrons. The van der Waals surface area contributed by atoms with E-state index in [-0.39, 0.29) is 0 Å². The number of rotatable bonds is 4. The van der Waals surface area contributed by atoms with Gasteiger partial charge in [0.2, 0.25) is 0 Å². The molecular weight excluding hydrogens is 380 g/mol. The molecule has 2 aromatic heterocycles. The van der Waals surface area contributed by atoms with Crippen LogP contribution in [0.15, 0.2) is 29.4 Å². The Morgan fingerprint density at radius 1 is 1.00 bits per heavy atom. The summed E-state index contributed by atoms with van der Waals surface area (Å²) in [5.74, 6) is 1.30. The topological polar surface area (TPSA) is 94.5 Å². The van der Waals surface area contributed by atoms with Crippen molar-refractivity contribution in [3.05, 3.63) is 30.4 Å². The van der Waals surface area contributed by atoms with Gasteiger partial charge in [0, 0.05) is 44.3 Å². The van der Waals surface area contributed by atoms with Crippen molar-refractivity contribution in [3.63, 3.8) is 0 Å². The van der Waals surface area contributed by atoms with E-state index in [9.17, 15) is 8.42 Å². The van der Waals surface area contributed by atoms with Gasteiger partial charge in [-0.1, -0.05) is 0 Å². The summed E-state index contributed by atoms with van der Waals surface area (Å²) < 4.78 is 37.4. The van der Waals surface area contributed by atoms with Gasteiger partial charge in [-0.05, 0) is 31.9 Å². The van der Waals surface area contributed by atoms with Crippen molar-refractivity contribution in [2.24, 2.45) is 0 Å². The number of sulfone groups is 1. The lowest BCUT2D eigenvalue weighted by molar-refractivity contribution is 0.0983. The van der Waals surface area contributed by atoms with E-state index >= 15 is 0 Å². The van der Waals surface area contributed by atoms with Gasteiger partial charge in [0.15, 0.2) is 9.84 Å². The highest BCUT2D eigenvalue weighted by molar-refractivity contribution is 7.92. The van der Waals surface area contributed by atoms with E-state index in [0.29, 0.717) is 80.2 Å². The molecule has 8 nitrogen and oxygen atoms in total. The third kappa shape index (κ3) is 4.01. The molecule has 28 heavy (non-hydrogen) atoms. The van der Waals surface area contributed by atoms with Gasteiger partial charge in [0.1, 0.15) is 11.6 Å². The van der Waals surface area contributed by atoms with Gasteiger partial charge in [0.05, 0.1) is 29.1 Å². The summed E-state index contributed by atoms with van der Waals surface area (Å²) in [6, 6.07) is 3.33. The van der Waals surface area contributed by atoms with Crippen molar-refractivity contribution in [1.82, 2.24) is 15.0 Å². The fourth-order valence-electron chi connectivity index (χ4n) is 3.46. The minimum Gasteiger partial charge on any atom is -0.381 e. The molecule has 0 spiro atoms. The molecule has 2 aromatic rings. The molecule has 9 heteroatoms. The molecule has 0 bridgehead atoms. The fourth-order valence-corrected chi connectivity index (χ4v) is 5.21. The van der Waals surface area contributed by atoms with Crippen LogP contribution in [0.2, 0.25) is 0 Å². The first kappa shape index (κ1) is 19.2. The van der Waals surface area contributed by atoms with Gasteiger partial charge in [0.25, 0.3) is 0 Å². The highest BCUT2D eigenvalue weighted by atomic mass is 32.2. The molecule has 2 aliphatic heterocycles. The third-order valence-electron chi connectivity index (χ3n) is 5.13. The minimum absolute atomic E-state index is 0.298. The monoisotopic (exact) mass is 404 g/mol. The lowest BCUT2D eigenvalue weighted by Crippen LogP contribution is -2.37. The van der Waals surface area contributed by atoms with Gasteiger partial charge >= 0.3 is 0 Å². The van der Waals surface area contributed by atoms with Crippen molar-refractivity contribution in [1.29, 1.82) is 0 Å². The van der Waals surface area contributed by atoms with E-state index in [0.717, 1.165) is 0 Å². The number of anilines is 1. The smallest absolute Gasteiger partial charge is 0.181 e. The maximum atomic E-state index is 13.3. The van der Waals surface area contributed by atoms with Gasteiger partial charge in [-0.2, -0.15) is 0 Å². The first-order chi connectivity index (χ1) is 13.5. The highest BCUT2D eigenvalue weighted by Gasteiger charge is 2.31. The third-order valence-corrected chi connectivity index (χ3v) is 7.37. The molecule has 0 amide bonds. The van der Waals surface area contributed by atoms with Gasteiger partial charge in [-0.3, -0.25) is 0 Å². The van der Waals surface area contributed by atoms with Crippen LogP contribution in [0.25, 0.3) is 11.3 Å². The lowest BCUT2D eigenvalue weighted by atomic mass is 10.2. The average molecular weight is 404 g/mol. The Hall–Kier alpha value is -2.10. The number of hydrogen-bond donors (Lipinski definition) is 0. The molecule has 0 aliphatic carbocycles.